The first-order valence-electron chi connectivity index (χ1n) is 10.0. The number of anilines is 1. The Morgan fingerprint density at radius 2 is 1.87 bits per heavy atom. The van der Waals surface area contributed by atoms with Gasteiger partial charge in [-0.2, -0.15) is 4.52 Å². The van der Waals surface area contributed by atoms with Gasteiger partial charge in [0.1, 0.15) is 5.82 Å². The lowest BCUT2D eigenvalue weighted by Gasteiger charge is -2.40. The second-order valence-corrected chi connectivity index (χ2v) is 9.96. The second-order valence-electron chi connectivity index (χ2n) is 7.60. The van der Waals surface area contributed by atoms with Crippen LogP contribution in [-0.4, -0.2) is 50.8 Å². The van der Waals surface area contributed by atoms with E-state index in [1.807, 2.05) is 37.3 Å². The van der Waals surface area contributed by atoms with Crippen LogP contribution >= 0.6 is 38.9 Å². The largest absolute Gasteiger partial charge is 0.492 e. The van der Waals surface area contributed by atoms with Crippen LogP contribution in [0.1, 0.15) is 22.3 Å². The number of nitrogens with zero attached hydrogens (tertiary/aromatic N) is 5. The van der Waals surface area contributed by atoms with Gasteiger partial charge in [-0.05, 0) is 42.8 Å². The van der Waals surface area contributed by atoms with Crippen molar-refractivity contribution in [1.82, 2.24) is 19.5 Å². The molecule has 9 heteroatoms. The number of piperazine rings is 1. The smallest absolute Gasteiger partial charge is 0.230 e. The Kier molecular flexibility index (Phi) is 5.64. The molecule has 0 aliphatic carbocycles. The molecule has 1 saturated heterocycles. The van der Waals surface area contributed by atoms with Gasteiger partial charge in [0, 0.05) is 41.4 Å². The molecule has 5 rings (SSSR count). The highest BCUT2D eigenvalue weighted by molar-refractivity contribution is 9.10. The zero-order valence-corrected chi connectivity index (χ0v) is 20.0. The van der Waals surface area contributed by atoms with Crippen LogP contribution in [0.5, 0.6) is 5.88 Å². The quantitative estimate of drug-likeness (QED) is 0.406. The van der Waals surface area contributed by atoms with Crippen molar-refractivity contribution in [3.8, 4) is 5.88 Å². The molecule has 6 nitrogen and oxygen atoms in total. The summed E-state index contributed by atoms with van der Waals surface area (Å²) in [5.41, 5.74) is 2.27. The number of aromatic hydroxyl groups is 1. The fourth-order valence-corrected chi connectivity index (χ4v) is 5.91. The highest BCUT2D eigenvalue weighted by Gasteiger charge is 2.31. The van der Waals surface area contributed by atoms with E-state index in [0.29, 0.717) is 10.8 Å². The number of benzene rings is 2. The van der Waals surface area contributed by atoms with Gasteiger partial charge in [-0.15, -0.1) is 5.10 Å². The monoisotopic (exact) mass is 517 g/mol. The maximum absolute atomic E-state index is 11.0. The fraction of sp³-hybridized carbons (Fsp3) is 0.273. The van der Waals surface area contributed by atoms with Crippen LogP contribution in [0.4, 0.5) is 5.69 Å². The van der Waals surface area contributed by atoms with Gasteiger partial charge >= 0.3 is 0 Å². The number of hydrogen-bond acceptors (Lipinski definition) is 6. The topological polar surface area (TPSA) is 56.9 Å². The summed E-state index contributed by atoms with van der Waals surface area (Å²) in [4.78, 5) is 10.8. The molecular weight excluding hydrogens is 498 g/mol. The van der Waals surface area contributed by atoms with Crippen molar-refractivity contribution in [1.29, 1.82) is 0 Å². The molecule has 1 fully saturated rings. The Morgan fingerprint density at radius 1 is 1.10 bits per heavy atom. The fourth-order valence-electron chi connectivity index (χ4n) is 4.14. The summed E-state index contributed by atoms with van der Waals surface area (Å²) in [6.45, 7) is 5.31. The van der Waals surface area contributed by atoms with E-state index >= 15 is 0 Å². The van der Waals surface area contributed by atoms with Crippen molar-refractivity contribution in [2.24, 2.45) is 0 Å². The summed E-state index contributed by atoms with van der Waals surface area (Å²) in [6.07, 6.45) is 0. The molecule has 0 bridgehead atoms. The summed E-state index contributed by atoms with van der Waals surface area (Å²) in [7, 11) is 0. The van der Waals surface area contributed by atoms with Gasteiger partial charge in [0.25, 0.3) is 0 Å². The Hall–Kier alpha value is -2.13. The third kappa shape index (κ3) is 4.05. The SMILES string of the molecule is Cc1nc2sc([C@H](c3cccc(Br)c3)N3CCN(c4cccc(Cl)c4)CC3)c(O)n2n1. The summed E-state index contributed by atoms with van der Waals surface area (Å²) in [5.74, 6) is 0.824. The molecule has 160 valence electrons. The van der Waals surface area contributed by atoms with Crippen LogP contribution in [0.25, 0.3) is 4.96 Å². The molecule has 1 aliphatic heterocycles. The zero-order chi connectivity index (χ0) is 21.5. The summed E-state index contributed by atoms with van der Waals surface area (Å²) < 4.78 is 2.56. The Balaban J connectivity index is 1.48. The third-order valence-corrected chi connectivity index (χ3v) is 7.37. The van der Waals surface area contributed by atoms with Gasteiger partial charge in [0.2, 0.25) is 10.8 Å². The van der Waals surface area contributed by atoms with E-state index in [4.69, 9.17) is 11.6 Å². The van der Waals surface area contributed by atoms with Gasteiger partial charge in [-0.25, -0.2) is 4.98 Å². The molecule has 4 aromatic rings. The Labute approximate surface area is 197 Å². The van der Waals surface area contributed by atoms with Gasteiger partial charge in [-0.1, -0.05) is 57.1 Å². The molecule has 0 amide bonds. The minimum atomic E-state index is -0.0761. The predicted molar refractivity (Wildman–Crippen MR) is 128 cm³/mol. The number of aromatic nitrogens is 3. The zero-order valence-electron chi connectivity index (χ0n) is 16.9. The summed E-state index contributed by atoms with van der Waals surface area (Å²) >= 11 is 11.3. The molecule has 3 heterocycles. The number of halogens is 2. The van der Waals surface area contributed by atoms with E-state index in [0.717, 1.165) is 51.8 Å². The Bertz CT molecular complexity index is 1230. The normalized spacial score (nSPS) is 16.2. The summed E-state index contributed by atoms with van der Waals surface area (Å²) in [5, 5.41) is 16.1. The number of aryl methyl sites for hydroxylation is 1. The van der Waals surface area contributed by atoms with Crippen LogP contribution in [0.3, 0.4) is 0 Å². The van der Waals surface area contributed by atoms with E-state index in [9.17, 15) is 5.11 Å². The lowest BCUT2D eigenvalue weighted by Crippen LogP contribution is -2.47. The molecule has 2 aromatic heterocycles. The molecule has 0 radical (unpaired) electrons. The lowest BCUT2D eigenvalue weighted by atomic mass is 10.0. The van der Waals surface area contributed by atoms with Crippen LogP contribution in [0.2, 0.25) is 5.02 Å². The van der Waals surface area contributed by atoms with Gasteiger partial charge < -0.3 is 10.0 Å². The molecule has 0 saturated carbocycles. The van der Waals surface area contributed by atoms with Crippen molar-refractivity contribution < 1.29 is 5.11 Å². The Morgan fingerprint density at radius 3 is 2.58 bits per heavy atom. The van der Waals surface area contributed by atoms with E-state index in [-0.39, 0.29) is 11.9 Å². The van der Waals surface area contributed by atoms with Crippen LogP contribution < -0.4 is 4.90 Å². The first kappa shape index (κ1) is 20.8. The van der Waals surface area contributed by atoms with Crippen molar-refractivity contribution in [2.75, 3.05) is 31.1 Å². The number of thiazole rings is 1. The van der Waals surface area contributed by atoms with Crippen molar-refractivity contribution in [3.05, 3.63) is 74.3 Å². The molecule has 1 aliphatic rings. The third-order valence-electron chi connectivity index (χ3n) is 5.57. The highest BCUT2D eigenvalue weighted by Crippen LogP contribution is 2.41. The standard InChI is InChI=1S/C22H21BrClN5OS/c1-14-25-22-29(26-14)21(30)20(31-22)19(15-4-2-5-16(23)12-15)28-10-8-27(9-11-28)18-7-3-6-17(24)13-18/h2-7,12-13,19,30H,8-11H2,1H3/t19-/m0/s1. The van der Waals surface area contributed by atoms with Gasteiger partial charge in [-0.3, -0.25) is 4.90 Å². The number of fused-ring (bicyclic) bond motifs is 1. The molecule has 2 aromatic carbocycles. The maximum Gasteiger partial charge on any atom is 0.230 e. The lowest BCUT2D eigenvalue weighted by molar-refractivity contribution is 0.211. The molecule has 0 unspecified atom stereocenters. The minimum Gasteiger partial charge on any atom is -0.492 e. The van der Waals surface area contributed by atoms with Gasteiger partial charge in [0.05, 0.1) is 10.9 Å². The van der Waals surface area contributed by atoms with Crippen molar-refractivity contribution in [3.63, 3.8) is 0 Å². The van der Waals surface area contributed by atoms with Gasteiger partial charge in [0.15, 0.2) is 0 Å². The second kappa shape index (κ2) is 8.43. The molecule has 31 heavy (non-hydrogen) atoms. The average Bonchev–Trinajstić information content (AvgIpc) is 3.26. The molecule has 1 atom stereocenters. The van der Waals surface area contributed by atoms with E-state index < -0.39 is 0 Å². The van der Waals surface area contributed by atoms with Crippen LogP contribution in [0, 0.1) is 6.92 Å². The van der Waals surface area contributed by atoms with E-state index in [2.05, 4.69) is 54.0 Å². The summed E-state index contributed by atoms with van der Waals surface area (Å²) in [6, 6.07) is 16.2. The molecular formula is C22H21BrClN5OS. The first-order valence-corrected chi connectivity index (χ1v) is 12.0. The van der Waals surface area contributed by atoms with E-state index in [1.54, 1.807) is 4.52 Å². The average molecular weight is 519 g/mol. The van der Waals surface area contributed by atoms with Crippen LogP contribution in [0.15, 0.2) is 53.0 Å². The van der Waals surface area contributed by atoms with Crippen molar-refractivity contribution >= 4 is 49.5 Å². The van der Waals surface area contributed by atoms with E-state index in [1.165, 1.54) is 11.3 Å². The van der Waals surface area contributed by atoms with Crippen molar-refractivity contribution in [2.45, 2.75) is 13.0 Å². The highest BCUT2D eigenvalue weighted by atomic mass is 79.9. The maximum atomic E-state index is 11.0. The molecule has 0 spiro atoms. The first-order chi connectivity index (χ1) is 15.0. The predicted octanol–water partition coefficient (Wildman–Crippen LogP) is 5.13. The minimum absolute atomic E-state index is 0.0761. The molecule has 1 N–H and O–H groups in total. The number of rotatable bonds is 4. The van der Waals surface area contributed by atoms with Crippen LogP contribution in [-0.2, 0) is 0 Å². The number of hydrogen-bond donors (Lipinski definition) is 1.